The molecule has 1 heterocycles. The fraction of sp³-hybridized carbons (Fsp3) is 0.0370. The average molecular weight is 732 g/mol. The van der Waals surface area contributed by atoms with E-state index in [4.69, 9.17) is 0 Å². The average Bonchev–Trinajstić information content (AvgIpc) is 3.79. The number of benzene rings is 9. The third-order valence-electron chi connectivity index (χ3n) is 11.8. The lowest BCUT2D eigenvalue weighted by Gasteiger charge is -2.34. The first kappa shape index (κ1) is 32.7. The van der Waals surface area contributed by atoms with E-state index in [1.807, 2.05) is 11.3 Å². The van der Waals surface area contributed by atoms with Crippen LogP contribution in [0.4, 0.5) is 17.1 Å². The number of aryl methyl sites for hydroxylation is 1. The van der Waals surface area contributed by atoms with E-state index < -0.39 is 5.41 Å². The zero-order valence-electron chi connectivity index (χ0n) is 31.0. The van der Waals surface area contributed by atoms with Gasteiger partial charge in [-0.2, -0.15) is 0 Å². The number of thiophene rings is 1. The van der Waals surface area contributed by atoms with Gasteiger partial charge in [-0.15, -0.1) is 11.3 Å². The summed E-state index contributed by atoms with van der Waals surface area (Å²) >= 11 is 1.88. The fourth-order valence-corrected chi connectivity index (χ4v) is 10.5. The summed E-state index contributed by atoms with van der Waals surface area (Å²) in [6, 6.07) is 76.3. The summed E-state index contributed by atoms with van der Waals surface area (Å²) < 4.78 is 2.63. The first-order chi connectivity index (χ1) is 27.7. The van der Waals surface area contributed by atoms with Gasteiger partial charge in [-0.1, -0.05) is 163 Å². The van der Waals surface area contributed by atoms with Crippen molar-refractivity contribution in [3.05, 3.63) is 234 Å². The van der Waals surface area contributed by atoms with E-state index in [1.165, 1.54) is 86.7 Å². The van der Waals surface area contributed by atoms with Gasteiger partial charge in [-0.3, -0.25) is 0 Å². The predicted octanol–water partition coefficient (Wildman–Crippen LogP) is 15.0. The molecule has 0 fully saturated rings. The minimum atomic E-state index is -0.450. The molecule has 1 nitrogen and oxygen atoms in total. The molecule has 0 N–H and O–H groups in total. The highest BCUT2D eigenvalue weighted by atomic mass is 32.1. The Morgan fingerprint density at radius 3 is 1.70 bits per heavy atom. The minimum absolute atomic E-state index is 0.450. The smallest absolute Gasteiger partial charge is 0.0713 e. The molecule has 10 aromatic rings. The van der Waals surface area contributed by atoms with Crippen LogP contribution in [0.5, 0.6) is 0 Å². The highest BCUT2D eigenvalue weighted by molar-refractivity contribution is 7.26. The van der Waals surface area contributed by atoms with Gasteiger partial charge in [0, 0.05) is 36.9 Å². The predicted molar refractivity (Wildman–Crippen MR) is 239 cm³/mol. The molecular formula is C54H37NS. The maximum atomic E-state index is 2.46. The molecule has 0 atom stereocenters. The Kier molecular flexibility index (Phi) is 7.55. The second-order valence-electron chi connectivity index (χ2n) is 14.9. The van der Waals surface area contributed by atoms with E-state index >= 15 is 0 Å². The number of rotatable bonds is 6. The summed E-state index contributed by atoms with van der Waals surface area (Å²) in [5.41, 5.74) is 14.4. The van der Waals surface area contributed by atoms with E-state index in [0.29, 0.717) is 0 Å². The second kappa shape index (κ2) is 12.9. The van der Waals surface area contributed by atoms with Crippen LogP contribution >= 0.6 is 11.3 Å². The van der Waals surface area contributed by atoms with Crippen molar-refractivity contribution >= 4 is 59.3 Å². The number of fused-ring (bicyclic) bond motifs is 8. The molecule has 0 radical (unpaired) electrons. The molecule has 0 bridgehead atoms. The molecule has 0 saturated heterocycles. The largest absolute Gasteiger partial charge is 0.310 e. The molecule has 1 aliphatic rings. The van der Waals surface area contributed by atoms with E-state index in [9.17, 15) is 0 Å². The first-order valence-corrected chi connectivity index (χ1v) is 20.2. The van der Waals surface area contributed by atoms with Gasteiger partial charge >= 0.3 is 0 Å². The quantitative estimate of drug-likeness (QED) is 0.165. The van der Waals surface area contributed by atoms with Gasteiger partial charge in [0.1, 0.15) is 0 Å². The molecule has 9 aromatic carbocycles. The van der Waals surface area contributed by atoms with Crippen LogP contribution < -0.4 is 4.90 Å². The Balaban J connectivity index is 1.15. The topological polar surface area (TPSA) is 3.24 Å². The van der Waals surface area contributed by atoms with Gasteiger partial charge in [0.2, 0.25) is 0 Å². The van der Waals surface area contributed by atoms with Crippen LogP contribution in [-0.4, -0.2) is 0 Å². The van der Waals surface area contributed by atoms with Gasteiger partial charge in [0.15, 0.2) is 0 Å². The van der Waals surface area contributed by atoms with Crippen LogP contribution in [0.15, 0.2) is 206 Å². The zero-order valence-corrected chi connectivity index (χ0v) is 31.8. The Morgan fingerprint density at radius 2 is 1.00 bits per heavy atom. The van der Waals surface area contributed by atoms with Crippen LogP contribution in [0.25, 0.3) is 53.2 Å². The maximum absolute atomic E-state index is 2.46. The van der Waals surface area contributed by atoms with Crippen molar-refractivity contribution in [3.8, 4) is 22.3 Å². The summed E-state index contributed by atoms with van der Waals surface area (Å²) in [7, 11) is 0. The standard InChI is InChI=1S/C54H37NS/c1-36-23-33-50-46(35-36)53-51(56-50)34-26-39-15-12-22-49(52(39)53)55(42-29-24-38(25-30-42)37-13-4-2-5-14-37)43-31-27-41(28-32-43)54(40-16-6-3-7-17-40)47-20-10-8-18-44(47)45-19-9-11-21-48(45)54/h2-35H,1H3. The highest BCUT2D eigenvalue weighted by Gasteiger charge is 2.45. The van der Waals surface area contributed by atoms with Gasteiger partial charge in [-0.25, -0.2) is 0 Å². The third kappa shape index (κ3) is 4.93. The summed E-state index contributed by atoms with van der Waals surface area (Å²) in [6.07, 6.45) is 0. The minimum Gasteiger partial charge on any atom is -0.310 e. The molecule has 0 unspecified atom stereocenters. The number of anilines is 3. The second-order valence-corrected chi connectivity index (χ2v) is 16.0. The molecule has 2 heteroatoms. The Hall–Kier alpha value is -6.74. The molecule has 0 spiro atoms. The Labute approximate surface area is 331 Å². The van der Waals surface area contributed by atoms with Crippen LogP contribution in [0.3, 0.4) is 0 Å². The summed E-state index contributed by atoms with van der Waals surface area (Å²) in [5, 5.41) is 5.16. The SMILES string of the molecule is Cc1ccc2sc3ccc4cccc(N(c5ccc(-c6ccccc6)cc5)c5ccc(C6(c7ccccc7)c7ccccc7-c7ccccc76)cc5)c4c3c2c1. The van der Waals surface area contributed by atoms with E-state index in [2.05, 4.69) is 218 Å². The molecular weight excluding hydrogens is 695 g/mol. The van der Waals surface area contributed by atoms with Gasteiger partial charge in [0.05, 0.1) is 11.1 Å². The van der Waals surface area contributed by atoms with Crippen LogP contribution in [0.2, 0.25) is 0 Å². The Bertz CT molecular complexity index is 3020. The van der Waals surface area contributed by atoms with E-state index in [1.54, 1.807) is 0 Å². The van der Waals surface area contributed by atoms with Crippen LogP contribution in [0.1, 0.15) is 27.8 Å². The van der Waals surface area contributed by atoms with Crippen molar-refractivity contribution in [2.24, 2.45) is 0 Å². The highest BCUT2D eigenvalue weighted by Crippen LogP contribution is 2.56. The van der Waals surface area contributed by atoms with Gasteiger partial charge in [0.25, 0.3) is 0 Å². The normalized spacial score (nSPS) is 12.9. The van der Waals surface area contributed by atoms with E-state index in [-0.39, 0.29) is 0 Å². The van der Waals surface area contributed by atoms with Crippen molar-refractivity contribution in [1.29, 1.82) is 0 Å². The number of hydrogen-bond donors (Lipinski definition) is 0. The maximum Gasteiger partial charge on any atom is 0.0713 e. The molecule has 11 rings (SSSR count). The zero-order chi connectivity index (χ0) is 37.2. The molecule has 0 aliphatic heterocycles. The lowest BCUT2D eigenvalue weighted by atomic mass is 9.68. The lowest BCUT2D eigenvalue weighted by Crippen LogP contribution is -2.28. The summed E-state index contributed by atoms with van der Waals surface area (Å²) in [6.45, 7) is 2.19. The fourth-order valence-electron chi connectivity index (χ4n) is 9.36. The number of nitrogens with zero attached hydrogens (tertiary/aromatic N) is 1. The third-order valence-corrected chi connectivity index (χ3v) is 12.9. The molecule has 1 aliphatic carbocycles. The van der Waals surface area contributed by atoms with E-state index in [0.717, 1.165) is 11.4 Å². The molecule has 0 saturated carbocycles. The van der Waals surface area contributed by atoms with Crippen molar-refractivity contribution in [2.45, 2.75) is 12.3 Å². The monoisotopic (exact) mass is 731 g/mol. The molecule has 1 aromatic heterocycles. The van der Waals surface area contributed by atoms with Crippen molar-refractivity contribution in [2.75, 3.05) is 4.90 Å². The van der Waals surface area contributed by atoms with Gasteiger partial charge in [-0.05, 0) is 105 Å². The van der Waals surface area contributed by atoms with Crippen LogP contribution in [-0.2, 0) is 5.41 Å². The summed E-state index contributed by atoms with van der Waals surface area (Å²) in [4.78, 5) is 2.46. The van der Waals surface area contributed by atoms with Crippen molar-refractivity contribution in [3.63, 3.8) is 0 Å². The summed E-state index contributed by atoms with van der Waals surface area (Å²) in [5.74, 6) is 0. The van der Waals surface area contributed by atoms with Crippen LogP contribution in [0, 0.1) is 6.92 Å². The Morgan fingerprint density at radius 1 is 0.429 bits per heavy atom. The molecule has 264 valence electrons. The van der Waals surface area contributed by atoms with Crippen molar-refractivity contribution in [1.82, 2.24) is 0 Å². The number of hydrogen-bond acceptors (Lipinski definition) is 2. The van der Waals surface area contributed by atoms with Crippen molar-refractivity contribution < 1.29 is 0 Å². The first-order valence-electron chi connectivity index (χ1n) is 19.3. The van der Waals surface area contributed by atoms with Gasteiger partial charge < -0.3 is 4.90 Å². The lowest BCUT2D eigenvalue weighted by molar-refractivity contribution is 0.768. The molecule has 0 amide bonds. The molecule has 56 heavy (non-hydrogen) atoms.